The first kappa shape index (κ1) is 15.0. The monoisotopic (exact) mass is 279 g/mol. The number of anilines is 1. The van der Waals surface area contributed by atoms with Gasteiger partial charge in [0, 0.05) is 25.3 Å². The van der Waals surface area contributed by atoms with E-state index in [4.69, 9.17) is 9.47 Å². The Labute approximate surface area is 121 Å². The van der Waals surface area contributed by atoms with E-state index in [0.29, 0.717) is 5.88 Å². The van der Waals surface area contributed by atoms with Gasteiger partial charge in [-0.15, -0.1) is 0 Å². The van der Waals surface area contributed by atoms with Gasteiger partial charge in [-0.25, -0.2) is 4.98 Å². The molecule has 0 spiro atoms. The molecular formula is C15H25N3O2. The SMILES string of the molecule is CCNc1nc(C(C)C)nc(OC2CCOCC2)c1C. The van der Waals surface area contributed by atoms with Crippen LogP contribution in [0.5, 0.6) is 5.88 Å². The summed E-state index contributed by atoms with van der Waals surface area (Å²) in [7, 11) is 0. The largest absolute Gasteiger partial charge is 0.474 e. The Bertz CT molecular complexity index is 443. The van der Waals surface area contributed by atoms with Crippen molar-refractivity contribution in [3.8, 4) is 5.88 Å². The Balaban J connectivity index is 2.24. The predicted octanol–water partition coefficient (Wildman–Crippen LogP) is 2.90. The molecule has 2 heterocycles. The third-order valence-electron chi connectivity index (χ3n) is 3.43. The third-order valence-corrected chi connectivity index (χ3v) is 3.43. The van der Waals surface area contributed by atoms with Gasteiger partial charge in [0.1, 0.15) is 17.7 Å². The maximum absolute atomic E-state index is 6.09. The Kier molecular flexibility index (Phi) is 5.17. The summed E-state index contributed by atoms with van der Waals surface area (Å²) in [5.41, 5.74) is 0.989. The highest BCUT2D eigenvalue weighted by atomic mass is 16.5. The van der Waals surface area contributed by atoms with E-state index in [1.54, 1.807) is 0 Å². The van der Waals surface area contributed by atoms with Gasteiger partial charge >= 0.3 is 0 Å². The molecule has 0 saturated carbocycles. The highest BCUT2D eigenvalue weighted by Gasteiger charge is 2.20. The van der Waals surface area contributed by atoms with Gasteiger partial charge < -0.3 is 14.8 Å². The van der Waals surface area contributed by atoms with Crippen LogP contribution in [0.2, 0.25) is 0 Å². The molecule has 0 radical (unpaired) electrons. The third kappa shape index (κ3) is 3.60. The van der Waals surface area contributed by atoms with E-state index in [1.165, 1.54) is 0 Å². The summed E-state index contributed by atoms with van der Waals surface area (Å²) >= 11 is 0. The molecule has 112 valence electrons. The molecule has 0 aliphatic carbocycles. The van der Waals surface area contributed by atoms with Crippen LogP contribution >= 0.6 is 0 Å². The zero-order chi connectivity index (χ0) is 14.5. The minimum Gasteiger partial charge on any atom is -0.474 e. The molecule has 1 aliphatic rings. The fourth-order valence-corrected chi connectivity index (χ4v) is 2.18. The number of hydrogen-bond acceptors (Lipinski definition) is 5. The van der Waals surface area contributed by atoms with Gasteiger partial charge in [-0.3, -0.25) is 0 Å². The van der Waals surface area contributed by atoms with Gasteiger partial charge in [0.15, 0.2) is 0 Å². The Morgan fingerprint density at radius 3 is 2.60 bits per heavy atom. The van der Waals surface area contributed by atoms with Crippen LogP contribution in [0.25, 0.3) is 0 Å². The van der Waals surface area contributed by atoms with Gasteiger partial charge in [0.2, 0.25) is 5.88 Å². The first-order chi connectivity index (χ1) is 9.61. The van der Waals surface area contributed by atoms with E-state index in [1.807, 2.05) is 6.92 Å². The summed E-state index contributed by atoms with van der Waals surface area (Å²) in [5, 5.41) is 3.29. The molecule has 1 fully saturated rings. The van der Waals surface area contributed by atoms with Crippen molar-refractivity contribution in [1.29, 1.82) is 0 Å². The molecule has 1 saturated heterocycles. The van der Waals surface area contributed by atoms with E-state index in [0.717, 1.165) is 49.8 Å². The first-order valence-electron chi connectivity index (χ1n) is 7.48. The van der Waals surface area contributed by atoms with E-state index in [2.05, 4.69) is 36.1 Å². The first-order valence-corrected chi connectivity index (χ1v) is 7.48. The molecule has 2 rings (SSSR count). The van der Waals surface area contributed by atoms with Crippen molar-refractivity contribution in [3.05, 3.63) is 11.4 Å². The van der Waals surface area contributed by atoms with Gasteiger partial charge in [-0.05, 0) is 13.8 Å². The standard InChI is InChI=1S/C15H25N3O2/c1-5-16-14-11(4)15(18-13(17-14)10(2)3)20-12-6-8-19-9-7-12/h10,12H,5-9H2,1-4H3,(H,16,17,18). The van der Waals surface area contributed by atoms with E-state index >= 15 is 0 Å². The lowest BCUT2D eigenvalue weighted by Crippen LogP contribution is -2.27. The molecule has 1 aromatic rings. The maximum Gasteiger partial charge on any atom is 0.222 e. The molecule has 20 heavy (non-hydrogen) atoms. The van der Waals surface area contributed by atoms with Crippen molar-refractivity contribution in [2.24, 2.45) is 0 Å². The van der Waals surface area contributed by atoms with Gasteiger partial charge in [0.25, 0.3) is 0 Å². The Morgan fingerprint density at radius 2 is 2.00 bits per heavy atom. The molecular weight excluding hydrogens is 254 g/mol. The Morgan fingerprint density at radius 1 is 1.30 bits per heavy atom. The molecule has 0 bridgehead atoms. The molecule has 0 aromatic carbocycles. The number of nitrogens with zero attached hydrogens (tertiary/aromatic N) is 2. The quantitative estimate of drug-likeness (QED) is 0.898. The number of ether oxygens (including phenoxy) is 2. The normalized spacial score (nSPS) is 16.4. The summed E-state index contributed by atoms with van der Waals surface area (Å²) in [6.45, 7) is 10.6. The fraction of sp³-hybridized carbons (Fsp3) is 0.733. The van der Waals surface area contributed by atoms with Crippen molar-refractivity contribution in [3.63, 3.8) is 0 Å². The van der Waals surface area contributed by atoms with Crippen LogP contribution in [-0.4, -0.2) is 35.8 Å². The highest BCUT2D eigenvalue weighted by Crippen LogP contribution is 2.27. The smallest absolute Gasteiger partial charge is 0.222 e. The molecule has 0 amide bonds. The summed E-state index contributed by atoms with van der Waals surface area (Å²) in [6.07, 6.45) is 2.06. The fourth-order valence-electron chi connectivity index (χ4n) is 2.18. The molecule has 1 N–H and O–H groups in total. The second kappa shape index (κ2) is 6.88. The Hall–Kier alpha value is -1.36. The van der Waals surface area contributed by atoms with E-state index in [9.17, 15) is 0 Å². The van der Waals surface area contributed by atoms with Gasteiger partial charge in [-0.1, -0.05) is 13.8 Å². The van der Waals surface area contributed by atoms with Gasteiger partial charge in [0.05, 0.1) is 18.8 Å². The number of aromatic nitrogens is 2. The lowest BCUT2D eigenvalue weighted by atomic mass is 10.1. The molecule has 1 aliphatic heterocycles. The van der Waals surface area contributed by atoms with Crippen molar-refractivity contribution >= 4 is 5.82 Å². The lowest BCUT2D eigenvalue weighted by Gasteiger charge is -2.24. The van der Waals surface area contributed by atoms with Crippen LogP contribution in [0.4, 0.5) is 5.82 Å². The van der Waals surface area contributed by atoms with Crippen LogP contribution in [0.1, 0.15) is 50.9 Å². The predicted molar refractivity (Wildman–Crippen MR) is 79.5 cm³/mol. The lowest BCUT2D eigenvalue weighted by molar-refractivity contribution is 0.0233. The average Bonchev–Trinajstić information content (AvgIpc) is 2.44. The minimum atomic E-state index is 0.201. The van der Waals surface area contributed by atoms with Crippen LogP contribution in [-0.2, 0) is 4.74 Å². The average molecular weight is 279 g/mol. The van der Waals surface area contributed by atoms with E-state index in [-0.39, 0.29) is 12.0 Å². The summed E-state index contributed by atoms with van der Waals surface area (Å²) in [5.74, 6) is 2.71. The zero-order valence-electron chi connectivity index (χ0n) is 12.9. The summed E-state index contributed by atoms with van der Waals surface area (Å²) < 4.78 is 11.5. The molecule has 5 nitrogen and oxygen atoms in total. The van der Waals surface area contributed by atoms with Crippen LogP contribution in [0.15, 0.2) is 0 Å². The molecule has 0 unspecified atom stereocenters. The molecule has 1 aromatic heterocycles. The highest BCUT2D eigenvalue weighted by molar-refractivity contribution is 5.48. The second-order valence-corrected chi connectivity index (χ2v) is 5.48. The number of rotatable bonds is 5. The number of nitrogens with one attached hydrogen (secondary N) is 1. The van der Waals surface area contributed by atoms with Gasteiger partial charge in [-0.2, -0.15) is 4.98 Å². The zero-order valence-corrected chi connectivity index (χ0v) is 12.9. The molecule has 0 atom stereocenters. The van der Waals surface area contributed by atoms with Crippen LogP contribution in [0, 0.1) is 6.92 Å². The molecule has 5 heteroatoms. The van der Waals surface area contributed by atoms with Crippen LogP contribution < -0.4 is 10.1 Å². The van der Waals surface area contributed by atoms with Crippen molar-refractivity contribution < 1.29 is 9.47 Å². The topological polar surface area (TPSA) is 56.3 Å². The van der Waals surface area contributed by atoms with Crippen molar-refractivity contribution in [2.45, 2.75) is 52.6 Å². The minimum absolute atomic E-state index is 0.201. The van der Waals surface area contributed by atoms with E-state index < -0.39 is 0 Å². The maximum atomic E-state index is 6.09. The number of hydrogen-bond donors (Lipinski definition) is 1. The van der Waals surface area contributed by atoms with Crippen LogP contribution in [0.3, 0.4) is 0 Å². The second-order valence-electron chi connectivity index (χ2n) is 5.48. The summed E-state index contributed by atoms with van der Waals surface area (Å²) in [4.78, 5) is 9.18. The summed E-state index contributed by atoms with van der Waals surface area (Å²) in [6, 6.07) is 0. The van der Waals surface area contributed by atoms with Crippen molar-refractivity contribution in [2.75, 3.05) is 25.1 Å². The van der Waals surface area contributed by atoms with Crippen molar-refractivity contribution in [1.82, 2.24) is 9.97 Å².